The van der Waals surface area contributed by atoms with Crippen molar-refractivity contribution < 1.29 is 66.8 Å². The van der Waals surface area contributed by atoms with Gasteiger partial charge in [0.05, 0.1) is 0 Å². The standard InChI is InChI=1S/C7HF7N2O.Na.H/c8-5(9,4(17)3(1-15)2-16)6(10,11)7(12,13)14;;/h17H;;/q;+1;-1. The smallest absolute Gasteiger partial charge is 1.00 e. The van der Waals surface area contributed by atoms with E-state index < -0.39 is 29.4 Å². The molecule has 0 aliphatic carbocycles. The van der Waals surface area contributed by atoms with Crippen LogP contribution in [-0.2, 0) is 0 Å². The summed E-state index contributed by atoms with van der Waals surface area (Å²) in [6.45, 7) is 0. The summed E-state index contributed by atoms with van der Waals surface area (Å²) in [6, 6.07) is 1.14. The fourth-order valence-corrected chi connectivity index (χ4v) is 0.615. The summed E-state index contributed by atoms with van der Waals surface area (Å²) in [5.41, 5.74) is -1.93. The van der Waals surface area contributed by atoms with E-state index in [0.717, 1.165) is 0 Å². The van der Waals surface area contributed by atoms with Crippen LogP contribution in [0.2, 0.25) is 0 Å². The number of hydrogen-bond donors (Lipinski definition) is 1. The molecule has 0 aromatic carbocycles. The third kappa shape index (κ3) is 3.07. The van der Waals surface area contributed by atoms with Crippen LogP contribution in [0.25, 0.3) is 0 Å². The van der Waals surface area contributed by atoms with Gasteiger partial charge in [-0.25, -0.2) is 0 Å². The summed E-state index contributed by atoms with van der Waals surface area (Å²) in [4.78, 5) is 0. The second-order valence-corrected chi connectivity index (χ2v) is 2.59. The molecule has 3 nitrogen and oxygen atoms in total. The number of aliphatic hydroxyl groups excluding tert-OH is 1. The molecule has 0 amide bonds. The molecular weight excluding hydrogens is 284 g/mol. The van der Waals surface area contributed by atoms with E-state index in [1.807, 2.05) is 0 Å². The fraction of sp³-hybridized carbons (Fsp3) is 0.429. The third-order valence-electron chi connectivity index (χ3n) is 1.51. The van der Waals surface area contributed by atoms with Crippen molar-refractivity contribution in [1.29, 1.82) is 10.5 Å². The minimum Gasteiger partial charge on any atom is -1.00 e. The van der Waals surface area contributed by atoms with Crippen LogP contribution in [0.3, 0.4) is 0 Å². The molecule has 0 aliphatic heterocycles. The summed E-state index contributed by atoms with van der Waals surface area (Å²) in [6.07, 6.45) is -6.65. The summed E-state index contributed by atoms with van der Waals surface area (Å²) in [5, 5.41) is 24.4. The molecule has 0 aromatic heterocycles. The molecule has 96 valence electrons. The van der Waals surface area contributed by atoms with Gasteiger partial charge in [0, 0.05) is 0 Å². The number of halogens is 7. The first-order valence-electron chi connectivity index (χ1n) is 3.49. The Morgan fingerprint density at radius 1 is 0.944 bits per heavy atom. The second-order valence-electron chi connectivity index (χ2n) is 2.59. The molecule has 0 radical (unpaired) electrons. The zero-order valence-corrected chi connectivity index (χ0v) is 10.5. The fourth-order valence-electron chi connectivity index (χ4n) is 0.615. The van der Waals surface area contributed by atoms with Crippen molar-refractivity contribution in [1.82, 2.24) is 0 Å². The molecule has 0 saturated carbocycles. The van der Waals surface area contributed by atoms with Gasteiger partial charge in [-0.15, -0.1) is 0 Å². The van der Waals surface area contributed by atoms with E-state index in [2.05, 4.69) is 0 Å². The van der Waals surface area contributed by atoms with Crippen molar-refractivity contribution in [3.63, 3.8) is 0 Å². The van der Waals surface area contributed by atoms with Gasteiger partial charge in [0.15, 0.2) is 11.3 Å². The Morgan fingerprint density at radius 3 is 1.50 bits per heavy atom. The summed E-state index contributed by atoms with van der Waals surface area (Å²) < 4.78 is 84.8. The molecule has 11 heteroatoms. The maximum absolute atomic E-state index is 12.6. The number of hydrogen-bond acceptors (Lipinski definition) is 3. The van der Waals surface area contributed by atoms with E-state index in [-0.39, 0.29) is 31.0 Å². The van der Waals surface area contributed by atoms with E-state index in [1.54, 1.807) is 0 Å². The van der Waals surface area contributed by atoms with Gasteiger partial charge in [0.2, 0.25) is 0 Å². The summed E-state index contributed by atoms with van der Waals surface area (Å²) in [7, 11) is 0. The van der Waals surface area contributed by atoms with Gasteiger partial charge >= 0.3 is 47.6 Å². The zero-order valence-electron chi connectivity index (χ0n) is 9.49. The first-order valence-corrected chi connectivity index (χ1v) is 3.49. The van der Waals surface area contributed by atoms with Crippen LogP contribution in [0.1, 0.15) is 1.43 Å². The summed E-state index contributed by atoms with van der Waals surface area (Å²) >= 11 is 0. The quantitative estimate of drug-likeness (QED) is 0.331. The number of nitriles is 2. The molecule has 1 N–H and O–H groups in total. The molecule has 0 aliphatic rings. The maximum Gasteiger partial charge on any atom is 1.00 e. The first-order chi connectivity index (χ1) is 7.43. The molecule has 0 spiro atoms. The monoisotopic (exact) mass is 286 g/mol. The van der Waals surface area contributed by atoms with E-state index in [0.29, 0.717) is 12.1 Å². The Kier molecular flexibility index (Phi) is 6.22. The second kappa shape index (κ2) is 5.78. The molecule has 0 aromatic rings. The molecule has 0 bridgehead atoms. The van der Waals surface area contributed by atoms with Gasteiger partial charge in [-0.2, -0.15) is 41.3 Å². The van der Waals surface area contributed by atoms with E-state index in [9.17, 15) is 30.7 Å². The Bertz CT molecular complexity index is 418. The zero-order chi connectivity index (χ0) is 14.1. The largest absolute Gasteiger partial charge is 1.00 e. The molecule has 0 unspecified atom stereocenters. The molecule has 0 rings (SSSR count). The minimum atomic E-state index is -6.65. The van der Waals surface area contributed by atoms with E-state index in [4.69, 9.17) is 15.6 Å². The Hall–Kier alpha value is -0.970. The van der Waals surface area contributed by atoms with Crippen LogP contribution in [0.15, 0.2) is 11.3 Å². The number of alkyl halides is 7. The van der Waals surface area contributed by atoms with Gasteiger partial charge in [0.25, 0.3) is 0 Å². The number of rotatable bonds is 2. The van der Waals surface area contributed by atoms with Gasteiger partial charge in [0.1, 0.15) is 12.1 Å². The maximum atomic E-state index is 12.6. The van der Waals surface area contributed by atoms with Crippen molar-refractivity contribution in [2.75, 3.05) is 0 Å². The predicted octanol–water partition coefficient (Wildman–Crippen LogP) is -0.205. The first kappa shape index (κ1) is 19.4. The van der Waals surface area contributed by atoms with Crippen LogP contribution in [-0.4, -0.2) is 23.1 Å². The minimum absolute atomic E-state index is 0. The van der Waals surface area contributed by atoms with Gasteiger partial charge in [-0.3, -0.25) is 0 Å². The van der Waals surface area contributed by atoms with Crippen LogP contribution in [0, 0.1) is 22.7 Å². The van der Waals surface area contributed by atoms with E-state index >= 15 is 0 Å². The number of nitrogens with zero attached hydrogens (tertiary/aromatic N) is 2. The molecular formula is C7H2F7N2NaO. The van der Waals surface area contributed by atoms with Crippen molar-refractivity contribution in [2.45, 2.75) is 18.0 Å². The predicted molar refractivity (Wildman–Crippen MR) is 37.9 cm³/mol. The average molecular weight is 286 g/mol. The van der Waals surface area contributed by atoms with Crippen LogP contribution in [0.5, 0.6) is 0 Å². The third-order valence-corrected chi connectivity index (χ3v) is 1.51. The van der Waals surface area contributed by atoms with E-state index in [1.165, 1.54) is 0 Å². The molecule has 0 heterocycles. The van der Waals surface area contributed by atoms with Gasteiger partial charge < -0.3 is 6.53 Å². The van der Waals surface area contributed by atoms with Crippen molar-refractivity contribution in [3.05, 3.63) is 11.3 Å². The Labute approximate surface area is 119 Å². The molecule has 18 heavy (non-hydrogen) atoms. The van der Waals surface area contributed by atoms with Crippen molar-refractivity contribution >= 4 is 0 Å². The Morgan fingerprint density at radius 2 is 1.28 bits per heavy atom. The SMILES string of the molecule is N#CC(C#N)=C(O)C(F)(F)C(F)(F)C(F)(F)F.[H-].[Na+]. The van der Waals surface area contributed by atoms with Crippen molar-refractivity contribution in [2.24, 2.45) is 0 Å². The van der Waals surface area contributed by atoms with Gasteiger partial charge in [-0.1, -0.05) is 0 Å². The normalized spacial score (nSPS) is 11.8. The number of allylic oxidation sites excluding steroid dienone is 2. The summed E-state index contributed by atoms with van der Waals surface area (Å²) in [5.74, 6) is -15.6. The molecule has 0 saturated heterocycles. The molecule has 0 fully saturated rings. The van der Waals surface area contributed by atoms with Crippen LogP contribution in [0.4, 0.5) is 30.7 Å². The number of aliphatic hydroxyl groups is 1. The average Bonchev–Trinajstić information content (AvgIpc) is 2.17. The van der Waals surface area contributed by atoms with Crippen LogP contribution < -0.4 is 29.6 Å². The topological polar surface area (TPSA) is 67.8 Å². The Balaban J connectivity index is -0.00000128. The van der Waals surface area contributed by atoms with Gasteiger partial charge in [-0.05, 0) is 0 Å². The molecule has 0 atom stereocenters. The van der Waals surface area contributed by atoms with Crippen LogP contribution >= 0.6 is 0 Å². The van der Waals surface area contributed by atoms with Crippen molar-refractivity contribution in [3.8, 4) is 12.1 Å².